The van der Waals surface area contributed by atoms with Crippen LogP contribution in [0.3, 0.4) is 0 Å². The third-order valence-electron chi connectivity index (χ3n) is 1.41. The average Bonchev–Trinajstić information content (AvgIpc) is 1.92. The summed E-state index contributed by atoms with van der Waals surface area (Å²) in [4.78, 5) is -0.471. The Hall–Kier alpha value is -0.510. The van der Waals surface area contributed by atoms with Crippen LogP contribution in [0.2, 0.25) is 0 Å². The van der Waals surface area contributed by atoms with Gasteiger partial charge in [-0.15, -0.1) is 17.7 Å². The van der Waals surface area contributed by atoms with E-state index in [4.69, 9.17) is 0 Å². The van der Waals surface area contributed by atoms with Gasteiger partial charge in [0.15, 0.2) is 0 Å². The third-order valence-corrected chi connectivity index (χ3v) is 1.64. The average molecular weight is 171 g/mol. The van der Waals surface area contributed by atoms with Crippen LogP contribution in [0.25, 0.3) is 0 Å². The van der Waals surface area contributed by atoms with Crippen LogP contribution in [0.4, 0.5) is 0 Å². The van der Waals surface area contributed by atoms with Gasteiger partial charge in [-0.05, 0) is 26.8 Å². The Morgan fingerprint density at radius 3 is 2.55 bits per heavy atom. The van der Waals surface area contributed by atoms with E-state index < -0.39 is 4.87 Å². The minimum absolute atomic E-state index is 0.121. The summed E-state index contributed by atoms with van der Waals surface area (Å²) in [5.74, 6) is 0. The van der Waals surface area contributed by atoms with Crippen LogP contribution < -0.4 is 5.43 Å². The Morgan fingerprint density at radius 2 is 1.91 bits per heavy atom. The fraction of sp³-hybridized carbons (Fsp3) is 0.714. The second-order valence-electron chi connectivity index (χ2n) is 3.46. The van der Waals surface area contributed by atoms with E-state index in [1.54, 1.807) is 0 Å². The molecule has 0 aromatic heterocycles. The van der Waals surface area contributed by atoms with Gasteiger partial charge in [0.2, 0.25) is 0 Å². The van der Waals surface area contributed by atoms with Crippen molar-refractivity contribution >= 4 is 12.6 Å². The number of rotatable bonds is 0. The van der Waals surface area contributed by atoms with Crippen LogP contribution in [0.15, 0.2) is 22.5 Å². The molecule has 1 N–H and O–H groups in total. The monoisotopic (exact) mass is 171 g/mol. The van der Waals surface area contributed by atoms with Crippen LogP contribution >= 0.6 is 12.6 Å². The zero-order valence-corrected chi connectivity index (χ0v) is 7.89. The largest absolute Gasteiger partial charge is 0.282 e. The summed E-state index contributed by atoms with van der Waals surface area (Å²) < 4.78 is 0. The second kappa shape index (κ2) is 2.52. The van der Waals surface area contributed by atoms with Gasteiger partial charge in [-0.25, -0.2) is 0 Å². The Kier molecular flexibility index (Phi) is 1.96. The van der Waals surface area contributed by atoms with Crippen molar-refractivity contribution in [1.82, 2.24) is 5.43 Å². The lowest BCUT2D eigenvalue weighted by Crippen LogP contribution is -2.31. The summed E-state index contributed by atoms with van der Waals surface area (Å²) in [5, 5.41) is 7.75. The highest BCUT2D eigenvalue weighted by Crippen LogP contribution is 2.22. The lowest BCUT2D eigenvalue weighted by molar-refractivity contribution is 0.477. The third kappa shape index (κ3) is 2.54. The van der Waals surface area contributed by atoms with Crippen molar-refractivity contribution in [3.05, 3.63) is 12.2 Å². The van der Waals surface area contributed by atoms with Crippen molar-refractivity contribution in [2.24, 2.45) is 10.3 Å². The zero-order chi connectivity index (χ0) is 8.54. The minimum Gasteiger partial charge on any atom is -0.282 e. The maximum atomic E-state index is 4.28. The maximum absolute atomic E-state index is 4.28. The van der Waals surface area contributed by atoms with Crippen LogP contribution in [0, 0.1) is 0 Å². The van der Waals surface area contributed by atoms with Crippen molar-refractivity contribution in [3.63, 3.8) is 0 Å². The molecule has 0 amide bonds. The Bertz CT molecular complexity index is 206. The van der Waals surface area contributed by atoms with Crippen LogP contribution in [0.1, 0.15) is 20.8 Å². The molecule has 0 radical (unpaired) electrons. The molecule has 0 aromatic rings. The molecule has 1 aliphatic heterocycles. The van der Waals surface area contributed by atoms with Gasteiger partial charge in [-0.2, -0.15) is 0 Å². The summed E-state index contributed by atoms with van der Waals surface area (Å²) in [6.45, 7) is 5.94. The number of nitrogens with zero attached hydrogens (tertiary/aromatic N) is 2. The second-order valence-corrected chi connectivity index (χ2v) is 4.37. The maximum Gasteiger partial charge on any atom is 0.141 e. The summed E-state index contributed by atoms with van der Waals surface area (Å²) >= 11 is 4.28. The van der Waals surface area contributed by atoms with E-state index in [1.165, 1.54) is 0 Å². The molecule has 1 aliphatic rings. The van der Waals surface area contributed by atoms with Gasteiger partial charge in [0.05, 0.1) is 5.54 Å². The van der Waals surface area contributed by atoms with Gasteiger partial charge in [0, 0.05) is 0 Å². The molecule has 62 valence electrons. The quantitative estimate of drug-likeness (QED) is 0.424. The first kappa shape index (κ1) is 8.59. The first-order valence-electron chi connectivity index (χ1n) is 3.53. The van der Waals surface area contributed by atoms with Gasteiger partial charge in [-0.3, -0.25) is 5.43 Å². The van der Waals surface area contributed by atoms with E-state index >= 15 is 0 Å². The van der Waals surface area contributed by atoms with E-state index in [0.717, 1.165) is 0 Å². The van der Waals surface area contributed by atoms with Crippen LogP contribution in [-0.2, 0) is 0 Å². The van der Waals surface area contributed by atoms with Crippen molar-refractivity contribution in [3.8, 4) is 0 Å². The van der Waals surface area contributed by atoms with Gasteiger partial charge < -0.3 is 0 Å². The Balaban J connectivity index is 2.86. The molecule has 0 bridgehead atoms. The smallest absolute Gasteiger partial charge is 0.141 e. The van der Waals surface area contributed by atoms with Crippen molar-refractivity contribution in [2.45, 2.75) is 31.2 Å². The molecule has 0 spiro atoms. The van der Waals surface area contributed by atoms with Crippen molar-refractivity contribution in [2.75, 3.05) is 0 Å². The van der Waals surface area contributed by atoms with E-state index in [9.17, 15) is 0 Å². The highest BCUT2D eigenvalue weighted by Gasteiger charge is 2.21. The summed E-state index contributed by atoms with van der Waals surface area (Å²) in [5.41, 5.74) is 2.78. The van der Waals surface area contributed by atoms with E-state index in [1.807, 2.05) is 32.9 Å². The van der Waals surface area contributed by atoms with Crippen LogP contribution in [-0.4, -0.2) is 10.4 Å². The molecule has 1 rings (SSSR count). The first-order chi connectivity index (χ1) is 4.91. The van der Waals surface area contributed by atoms with Crippen LogP contribution in [0.5, 0.6) is 0 Å². The summed E-state index contributed by atoms with van der Waals surface area (Å²) in [7, 11) is 0. The lowest BCUT2D eigenvalue weighted by atomic mass is 10.1. The summed E-state index contributed by atoms with van der Waals surface area (Å²) in [6.07, 6.45) is 3.94. The van der Waals surface area contributed by atoms with E-state index in [-0.39, 0.29) is 5.54 Å². The van der Waals surface area contributed by atoms with Gasteiger partial charge in [-0.1, -0.05) is 11.3 Å². The SMILES string of the molecule is CC1(S)C=CC(C)(C)NN=N1. The van der Waals surface area contributed by atoms with Crippen molar-refractivity contribution in [1.29, 1.82) is 0 Å². The molecule has 11 heavy (non-hydrogen) atoms. The number of hydrogen-bond donors (Lipinski definition) is 2. The Labute approximate surface area is 72.4 Å². The molecule has 0 fully saturated rings. The highest BCUT2D eigenvalue weighted by atomic mass is 32.1. The molecule has 1 heterocycles. The van der Waals surface area contributed by atoms with Crippen molar-refractivity contribution < 1.29 is 0 Å². The number of hydrogen-bond acceptors (Lipinski definition) is 4. The fourth-order valence-corrected chi connectivity index (χ4v) is 0.811. The highest BCUT2D eigenvalue weighted by molar-refractivity contribution is 7.82. The predicted octanol–water partition coefficient (Wildman–Crippen LogP) is 1.94. The molecule has 1 atom stereocenters. The fourth-order valence-electron chi connectivity index (χ4n) is 0.692. The first-order valence-corrected chi connectivity index (χ1v) is 3.98. The lowest BCUT2D eigenvalue weighted by Gasteiger charge is -2.16. The minimum atomic E-state index is -0.471. The molecule has 1 unspecified atom stereocenters. The Morgan fingerprint density at radius 1 is 1.27 bits per heavy atom. The number of nitrogens with one attached hydrogen (secondary N) is 1. The van der Waals surface area contributed by atoms with Gasteiger partial charge in [0.1, 0.15) is 4.87 Å². The van der Waals surface area contributed by atoms with Gasteiger partial charge >= 0.3 is 0 Å². The molecule has 0 aromatic carbocycles. The molecular weight excluding hydrogens is 158 g/mol. The molecule has 0 saturated heterocycles. The molecule has 0 saturated carbocycles. The standard InChI is InChI=1S/C7H13N3S/c1-6(2)4-5-7(3,11)9-10-8-6/h4-5,11H,1-3H3,(H,8,9). The molecule has 3 nitrogen and oxygen atoms in total. The van der Waals surface area contributed by atoms with E-state index in [2.05, 4.69) is 28.4 Å². The normalized spacial score (nSPS) is 34.5. The predicted molar refractivity (Wildman–Crippen MR) is 48.6 cm³/mol. The molecular formula is C7H13N3S. The zero-order valence-electron chi connectivity index (χ0n) is 7.00. The topological polar surface area (TPSA) is 36.8 Å². The van der Waals surface area contributed by atoms with Gasteiger partial charge in [0.25, 0.3) is 0 Å². The summed E-state index contributed by atoms with van der Waals surface area (Å²) in [6, 6.07) is 0. The van der Waals surface area contributed by atoms with E-state index in [0.29, 0.717) is 0 Å². The molecule has 0 aliphatic carbocycles. The molecule has 4 heteroatoms. The number of thiol groups is 1.